The summed E-state index contributed by atoms with van der Waals surface area (Å²) in [5, 5.41) is 14.0. The van der Waals surface area contributed by atoms with Crippen molar-refractivity contribution in [2.24, 2.45) is 7.05 Å². The van der Waals surface area contributed by atoms with E-state index in [1.165, 1.54) is 4.90 Å². The van der Waals surface area contributed by atoms with Crippen molar-refractivity contribution in [3.8, 4) is 0 Å². The number of rotatable bonds is 3. The van der Waals surface area contributed by atoms with Crippen LogP contribution < -0.4 is 0 Å². The van der Waals surface area contributed by atoms with Crippen LogP contribution >= 0.6 is 0 Å². The second-order valence-electron chi connectivity index (χ2n) is 6.72. The molecule has 1 aliphatic heterocycles. The molecule has 0 aliphatic carbocycles. The predicted octanol–water partition coefficient (Wildman–Crippen LogP) is 2.18. The minimum atomic E-state index is -0.963. The quantitative estimate of drug-likeness (QED) is 0.928. The monoisotopic (exact) mass is 341 g/mol. The van der Waals surface area contributed by atoms with E-state index in [0.29, 0.717) is 13.0 Å². The Hall–Kier alpha value is -2.63. The zero-order valence-electron chi connectivity index (χ0n) is 15.0. The molecule has 2 aromatic rings. The van der Waals surface area contributed by atoms with Gasteiger partial charge in [0.15, 0.2) is 0 Å². The van der Waals surface area contributed by atoms with Crippen LogP contribution in [0.2, 0.25) is 0 Å². The number of nitrogens with zero attached hydrogens (tertiary/aromatic N) is 3. The van der Waals surface area contributed by atoms with Gasteiger partial charge in [0.1, 0.15) is 6.04 Å². The van der Waals surface area contributed by atoms with Crippen molar-refractivity contribution in [1.82, 2.24) is 14.7 Å². The number of carboxylic acids is 1. The number of amides is 1. The Labute approximate surface area is 147 Å². The minimum Gasteiger partial charge on any atom is -0.480 e. The molecule has 3 rings (SSSR count). The predicted molar refractivity (Wildman–Crippen MR) is 93.2 cm³/mol. The summed E-state index contributed by atoms with van der Waals surface area (Å²) < 4.78 is 1.76. The van der Waals surface area contributed by atoms with Gasteiger partial charge in [0, 0.05) is 31.3 Å². The fraction of sp³-hybridized carbons (Fsp3) is 0.421. The summed E-state index contributed by atoms with van der Waals surface area (Å²) in [5.74, 6) is -1.56. The van der Waals surface area contributed by atoms with Crippen LogP contribution in [0.4, 0.5) is 0 Å². The van der Waals surface area contributed by atoms with Gasteiger partial charge >= 0.3 is 5.97 Å². The topological polar surface area (TPSA) is 75.4 Å². The highest BCUT2D eigenvalue weighted by Gasteiger charge is 2.37. The standard InChI is InChI=1S/C19H23N3O3/c1-11(17-12(2)20-21(4)13(17)3)18(23)22-10-15-8-6-5-7-14(15)9-16(22)19(24)25/h5-8,11,16H,9-10H2,1-4H3,(H,24,25). The number of carbonyl (C=O) groups excluding carboxylic acids is 1. The Morgan fingerprint density at radius 1 is 1.24 bits per heavy atom. The second-order valence-corrected chi connectivity index (χ2v) is 6.72. The van der Waals surface area contributed by atoms with Crippen LogP contribution in [0, 0.1) is 13.8 Å². The fourth-order valence-corrected chi connectivity index (χ4v) is 3.76. The van der Waals surface area contributed by atoms with E-state index < -0.39 is 17.9 Å². The molecule has 0 fully saturated rings. The van der Waals surface area contributed by atoms with E-state index in [4.69, 9.17) is 0 Å². The molecule has 1 N–H and O–H groups in total. The van der Waals surface area contributed by atoms with Crippen molar-refractivity contribution in [2.45, 2.75) is 45.7 Å². The molecule has 2 unspecified atom stereocenters. The number of hydrogen-bond donors (Lipinski definition) is 1. The zero-order valence-corrected chi connectivity index (χ0v) is 15.0. The molecule has 25 heavy (non-hydrogen) atoms. The molecule has 1 aromatic carbocycles. The van der Waals surface area contributed by atoms with Crippen molar-refractivity contribution < 1.29 is 14.7 Å². The van der Waals surface area contributed by atoms with Gasteiger partial charge < -0.3 is 10.0 Å². The first-order valence-electron chi connectivity index (χ1n) is 8.41. The number of carbonyl (C=O) groups is 2. The second kappa shape index (κ2) is 6.35. The lowest BCUT2D eigenvalue weighted by molar-refractivity contribution is -0.152. The number of fused-ring (bicyclic) bond motifs is 1. The molecule has 0 bridgehead atoms. The van der Waals surface area contributed by atoms with Gasteiger partial charge in [-0.25, -0.2) is 4.79 Å². The van der Waals surface area contributed by atoms with Gasteiger partial charge in [-0.3, -0.25) is 9.48 Å². The Morgan fingerprint density at radius 3 is 2.44 bits per heavy atom. The van der Waals surface area contributed by atoms with E-state index in [-0.39, 0.29) is 5.91 Å². The molecular formula is C19H23N3O3. The first-order valence-corrected chi connectivity index (χ1v) is 8.41. The molecule has 2 heterocycles. The summed E-state index contributed by atoms with van der Waals surface area (Å²) in [6.07, 6.45) is 0.342. The smallest absolute Gasteiger partial charge is 0.326 e. The van der Waals surface area contributed by atoms with Crippen molar-refractivity contribution in [3.05, 3.63) is 52.3 Å². The third-order valence-electron chi connectivity index (χ3n) is 5.19. The number of aromatic nitrogens is 2. The van der Waals surface area contributed by atoms with Crippen LogP contribution in [0.15, 0.2) is 24.3 Å². The van der Waals surface area contributed by atoms with E-state index in [1.54, 1.807) is 4.68 Å². The Morgan fingerprint density at radius 2 is 1.88 bits per heavy atom. The van der Waals surface area contributed by atoms with E-state index in [9.17, 15) is 14.7 Å². The first kappa shape index (κ1) is 17.2. The fourth-order valence-electron chi connectivity index (χ4n) is 3.76. The summed E-state index contributed by atoms with van der Waals surface area (Å²) in [6.45, 7) is 5.97. The van der Waals surface area contributed by atoms with Crippen molar-refractivity contribution >= 4 is 11.9 Å². The van der Waals surface area contributed by atoms with Crippen molar-refractivity contribution in [1.29, 1.82) is 0 Å². The maximum atomic E-state index is 13.2. The number of benzene rings is 1. The van der Waals surface area contributed by atoms with E-state index in [1.807, 2.05) is 52.1 Å². The minimum absolute atomic E-state index is 0.166. The van der Waals surface area contributed by atoms with Crippen LogP contribution in [0.25, 0.3) is 0 Å². The number of aryl methyl sites for hydroxylation is 2. The largest absolute Gasteiger partial charge is 0.480 e. The lowest BCUT2D eigenvalue weighted by Crippen LogP contribution is -2.50. The average Bonchev–Trinajstić information content (AvgIpc) is 2.84. The molecule has 0 spiro atoms. The van der Waals surface area contributed by atoms with Gasteiger partial charge in [-0.2, -0.15) is 5.10 Å². The molecule has 1 aliphatic rings. The molecular weight excluding hydrogens is 318 g/mol. The van der Waals surface area contributed by atoms with Crippen molar-refractivity contribution in [3.63, 3.8) is 0 Å². The van der Waals surface area contributed by atoms with Gasteiger partial charge in [0.05, 0.1) is 11.6 Å². The third kappa shape index (κ3) is 2.92. The van der Waals surface area contributed by atoms with E-state index in [0.717, 1.165) is 28.1 Å². The highest BCUT2D eigenvalue weighted by Crippen LogP contribution is 2.30. The molecule has 132 valence electrons. The van der Waals surface area contributed by atoms with E-state index >= 15 is 0 Å². The molecule has 6 nitrogen and oxygen atoms in total. The molecule has 0 saturated carbocycles. The van der Waals surface area contributed by atoms with E-state index in [2.05, 4.69) is 5.10 Å². The van der Waals surface area contributed by atoms with Gasteiger partial charge in [-0.1, -0.05) is 24.3 Å². The highest BCUT2D eigenvalue weighted by molar-refractivity contribution is 5.89. The van der Waals surface area contributed by atoms with Crippen LogP contribution in [0.5, 0.6) is 0 Å². The summed E-state index contributed by atoms with van der Waals surface area (Å²) >= 11 is 0. The third-order valence-corrected chi connectivity index (χ3v) is 5.19. The maximum Gasteiger partial charge on any atom is 0.326 e. The Balaban J connectivity index is 1.95. The van der Waals surface area contributed by atoms with Gasteiger partial charge in [-0.15, -0.1) is 0 Å². The maximum absolute atomic E-state index is 13.2. The summed E-state index contributed by atoms with van der Waals surface area (Å²) in [6, 6.07) is 6.88. The molecule has 0 radical (unpaired) electrons. The lowest BCUT2D eigenvalue weighted by Gasteiger charge is -2.36. The van der Waals surface area contributed by atoms with Gasteiger partial charge in [0.2, 0.25) is 5.91 Å². The summed E-state index contributed by atoms with van der Waals surface area (Å²) in [5.41, 5.74) is 4.64. The number of hydrogen-bond acceptors (Lipinski definition) is 3. The van der Waals surface area contributed by atoms with Gasteiger partial charge in [-0.05, 0) is 31.9 Å². The number of carboxylic acid groups (broad SMARTS) is 1. The average molecular weight is 341 g/mol. The Bertz CT molecular complexity index is 840. The van der Waals surface area contributed by atoms with Crippen LogP contribution in [0.1, 0.15) is 40.9 Å². The van der Waals surface area contributed by atoms with Crippen LogP contribution in [-0.2, 0) is 29.6 Å². The lowest BCUT2D eigenvalue weighted by atomic mass is 9.91. The molecule has 1 aromatic heterocycles. The zero-order chi connectivity index (χ0) is 18.3. The van der Waals surface area contributed by atoms with Gasteiger partial charge in [0.25, 0.3) is 0 Å². The number of aliphatic carboxylic acids is 1. The van der Waals surface area contributed by atoms with Crippen LogP contribution in [0.3, 0.4) is 0 Å². The molecule has 1 amide bonds. The Kier molecular flexibility index (Phi) is 4.37. The normalized spacial score (nSPS) is 17.9. The first-order chi connectivity index (χ1) is 11.8. The molecule has 0 saturated heterocycles. The highest BCUT2D eigenvalue weighted by atomic mass is 16.4. The SMILES string of the molecule is Cc1nn(C)c(C)c1C(C)C(=O)N1Cc2ccccc2CC1C(=O)O. The van der Waals surface area contributed by atoms with Crippen LogP contribution in [-0.4, -0.2) is 37.7 Å². The molecule has 6 heteroatoms. The molecule has 2 atom stereocenters. The summed E-state index contributed by atoms with van der Waals surface area (Å²) in [4.78, 5) is 26.4. The van der Waals surface area contributed by atoms with Crippen molar-refractivity contribution in [2.75, 3.05) is 0 Å². The summed E-state index contributed by atoms with van der Waals surface area (Å²) in [7, 11) is 1.85.